The first-order chi connectivity index (χ1) is 14.7. The molecule has 1 heterocycles. The van der Waals surface area contributed by atoms with E-state index in [0.717, 1.165) is 10.7 Å². The van der Waals surface area contributed by atoms with E-state index in [0.29, 0.717) is 10.7 Å². The van der Waals surface area contributed by atoms with Crippen LogP contribution >= 0.6 is 11.6 Å². The number of para-hydroxylation sites is 2. The van der Waals surface area contributed by atoms with E-state index in [1.54, 1.807) is 13.0 Å². The van der Waals surface area contributed by atoms with Crippen LogP contribution in [0.25, 0.3) is 5.69 Å². The Morgan fingerprint density at radius 2 is 1.81 bits per heavy atom. The number of benzene rings is 2. The topological polar surface area (TPSA) is 136 Å². The fourth-order valence-corrected chi connectivity index (χ4v) is 3.02. The Hall–Kier alpha value is -4.05. The second-order valence-corrected chi connectivity index (χ2v) is 6.92. The minimum Gasteiger partial charge on any atom is -0.325 e. The highest BCUT2D eigenvalue weighted by Crippen LogP contribution is 2.26. The van der Waals surface area contributed by atoms with Gasteiger partial charge in [-0.25, -0.2) is 4.68 Å². The monoisotopic (exact) mass is 441 g/mol. The number of nitro groups is 1. The van der Waals surface area contributed by atoms with Gasteiger partial charge in [0.15, 0.2) is 5.69 Å². The van der Waals surface area contributed by atoms with Gasteiger partial charge in [-0.05, 0) is 31.2 Å². The molecule has 0 aliphatic carbocycles. The summed E-state index contributed by atoms with van der Waals surface area (Å²) in [6.07, 6.45) is 0. The maximum atomic E-state index is 12.8. The lowest BCUT2D eigenvalue weighted by Crippen LogP contribution is -2.27. The number of hydrogen-bond donors (Lipinski definition) is 2. The number of nitrogens with one attached hydrogen (secondary N) is 2. The Kier molecular flexibility index (Phi) is 6.12. The summed E-state index contributed by atoms with van der Waals surface area (Å²) < 4.78 is 1.15. The van der Waals surface area contributed by atoms with Crippen LogP contribution in [0.1, 0.15) is 23.1 Å². The Bertz CT molecular complexity index is 1270. The highest BCUT2D eigenvalue weighted by Gasteiger charge is 2.21. The molecule has 10 nitrogen and oxygen atoms in total. The van der Waals surface area contributed by atoms with Crippen molar-refractivity contribution in [2.45, 2.75) is 13.8 Å². The second-order valence-electron chi connectivity index (χ2n) is 6.48. The summed E-state index contributed by atoms with van der Waals surface area (Å²) in [7, 11) is 0. The third-order valence-electron chi connectivity index (χ3n) is 4.17. The van der Waals surface area contributed by atoms with E-state index in [1.165, 1.54) is 43.3 Å². The smallest absolute Gasteiger partial charge is 0.294 e. The highest BCUT2D eigenvalue weighted by molar-refractivity contribution is 6.31. The highest BCUT2D eigenvalue weighted by atomic mass is 35.5. The molecule has 3 aromatic rings. The van der Waals surface area contributed by atoms with E-state index >= 15 is 0 Å². The van der Waals surface area contributed by atoms with E-state index in [2.05, 4.69) is 15.7 Å². The normalized spacial score (nSPS) is 10.4. The molecule has 0 bridgehead atoms. The second kappa shape index (κ2) is 8.76. The van der Waals surface area contributed by atoms with Crippen LogP contribution in [0.5, 0.6) is 0 Å². The fourth-order valence-electron chi connectivity index (χ4n) is 2.85. The molecule has 0 unspecified atom stereocenters. The first kappa shape index (κ1) is 21.7. The summed E-state index contributed by atoms with van der Waals surface area (Å²) in [5.74, 6) is -1.24. The molecule has 0 saturated carbocycles. The zero-order valence-electron chi connectivity index (χ0n) is 16.4. The maximum Gasteiger partial charge on any atom is 0.294 e. The largest absolute Gasteiger partial charge is 0.325 e. The van der Waals surface area contributed by atoms with Crippen molar-refractivity contribution < 1.29 is 14.5 Å². The lowest BCUT2D eigenvalue weighted by molar-refractivity contribution is -0.384. The molecule has 0 atom stereocenters. The van der Waals surface area contributed by atoms with Gasteiger partial charge in [-0.1, -0.05) is 23.7 Å². The maximum absolute atomic E-state index is 12.8. The van der Waals surface area contributed by atoms with Crippen molar-refractivity contribution in [2.75, 3.05) is 10.6 Å². The van der Waals surface area contributed by atoms with Gasteiger partial charge in [-0.3, -0.25) is 24.5 Å². The van der Waals surface area contributed by atoms with Crippen LogP contribution in [0, 0.1) is 17.0 Å². The lowest BCUT2D eigenvalue weighted by atomic mass is 10.2. The molecule has 0 aliphatic rings. The molecule has 0 saturated heterocycles. The van der Waals surface area contributed by atoms with Crippen molar-refractivity contribution in [1.29, 1.82) is 0 Å². The summed E-state index contributed by atoms with van der Waals surface area (Å²) in [5, 5.41) is 20.8. The molecule has 0 spiro atoms. The lowest BCUT2D eigenvalue weighted by Gasteiger charge is -2.13. The molecular formula is C20H16ClN5O5. The number of nitro benzene ring substituents is 1. The van der Waals surface area contributed by atoms with Crippen molar-refractivity contribution in [3.05, 3.63) is 85.3 Å². The molecule has 0 fully saturated rings. The molecule has 0 aliphatic heterocycles. The summed E-state index contributed by atoms with van der Waals surface area (Å²) >= 11 is 5.98. The van der Waals surface area contributed by atoms with Crippen LogP contribution in [0.4, 0.5) is 17.1 Å². The van der Waals surface area contributed by atoms with E-state index in [-0.39, 0.29) is 28.7 Å². The Labute approximate surface area is 180 Å². The summed E-state index contributed by atoms with van der Waals surface area (Å²) in [5.41, 5.74) is -0.567. The van der Waals surface area contributed by atoms with Crippen LogP contribution in [-0.4, -0.2) is 26.5 Å². The number of nitrogens with zero attached hydrogens (tertiary/aromatic N) is 3. The number of carbonyl (C=O) groups excluding carboxylic acids is 2. The van der Waals surface area contributed by atoms with Gasteiger partial charge in [-0.2, -0.15) is 5.10 Å². The molecule has 0 radical (unpaired) electrons. The quantitative estimate of drug-likeness (QED) is 0.460. The summed E-state index contributed by atoms with van der Waals surface area (Å²) in [6.45, 7) is 2.84. The molecule has 158 valence electrons. The van der Waals surface area contributed by atoms with Crippen molar-refractivity contribution >= 4 is 40.5 Å². The zero-order valence-corrected chi connectivity index (χ0v) is 17.1. The fraction of sp³-hybridized carbons (Fsp3) is 0.100. The third kappa shape index (κ3) is 4.75. The third-order valence-corrected chi connectivity index (χ3v) is 4.40. The number of hydrogen-bond acceptors (Lipinski definition) is 6. The van der Waals surface area contributed by atoms with Gasteiger partial charge in [0, 0.05) is 29.8 Å². The van der Waals surface area contributed by atoms with Crippen LogP contribution < -0.4 is 16.1 Å². The van der Waals surface area contributed by atoms with Gasteiger partial charge < -0.3 is 10.6 Å². The minimum absolute atomic E-state index is 0.0979. The van der Waals surface area contributed by atoms with Gasteiger partial charge in [0.05, 0.1) is 16.3 Å². The number of carbonyl (C=O) groups is 2. The number of amides is 2. The number of aromatic nitrogens is 2. The van der Waals surface area contributed by atoms with E-state index < -0.39 is 22.0 Å². The molecule has 2 aromatic carbocycles. The number of halogens is 1. The average Bonchev–Trinajstić information content (AvgIpc) is 2.69. The Balaban J connectivity index is 2.06. The van der Waals surface area contributed by atoms with Gasteiger partial charge in [0.1, 0.15) is 5.69 Å². The predicted molar refractivity (Wildman–Crippen MR) is 115 cm³/mol. The molecule has 31 heavy (non-hydrogen) atoms. The van der Waals surface area contributed by atoms with Crippen LogP contribution in [0.2, 0.25) is 5.02 Å². The summed E-state index contributed by atoms with van der Waals surface area (Å²) in [6, 6.07) is 11.4. The average molecular weight is 442 g/mol. The van der Waals surface area contributed by atoms with E-state index in [9.17, 15) is 24.5 Å². The predicted octanol–water partition coefficient (Wildman–Crippen LogP) is 3.31. The molecule has 1 aromatic heterocycles. The number of anilines is 2. The van der Waals surface area contributed by atoms with Gasteiger partial charge >= 0.3 is 0 Å². The van der Waals surface area contributed by atoms with Gasteiger partial charge in [0.2, 0.25) is 11.3 Å². The van der Waals surface area contributed by atoms with Crippen LogP contribution in [-0.2, 0) is 4.79 Å². The molecule has 2 amide bonds. The Morgan fingerprint density at radius 1 is 1.10 bits per heavy atom. The zero-order chi connectivity index (χ0) is 22.7. The van der Waals surface area contributed by atoms with Crippen molar-refractivity contribution in [3.63, 3.8) is 0 Å². The SMILES string of the molecule is CC(=O)Nc1ccc(Cl)cc1NC(=O)c1nn(-c2ccccc2[N+](=O)[O-])c(C)cc1=O. The number of aryl methyl sites for hydroxylation is 1. The molecular weight excluding hydrogens is 426 g/mol. The standard InChI is InChI=1S/C20H16ClN5O5/c1-11-9-18(28)19(24-25(11)16-5-3-4-6-17(16)26(30)31)20(29)23-15-10-13(21)7-8-14(15)22-12(2)27/h3-10H,1-2H3,(H,22,27)(H,23,29). The van der Waals surface area contributed by atoms with Crippen molar-refractivity contribution in [3.8, 4) is 5.69 Å². The molecule has 11 heteroatoms. The minimum atomic E-state index is -0.869. The first-order valence-corrected chi connectivity index (χ1v) is 9.28. The molecule has 3 rings (SSSR count). The Morgan fingerprint density at radius 3 is 2.48 bits per heavy atom. The van der Waals surface area contributed by atoms with E-state index in [1.807, 2.05) is 0 Å². The van der Waals surface area contributed by atoms with Gasteiger partial charge in [-0.15, -0.1) is 0 Å². The van der Waals surface area contributed by atoms with E-state index in [4.69, 9.17) is 11.6 Å². The molecule has 2 N–H and O–H groups in total. The van der Waals surface area contributed by atoms with Crippen molar-refractivity contribution in [1.82, 2.24) is 9.78 Å². The van der Waals surface area contributed by atoms with Crippen molar-refractivity contribution in [2.24, 2.45) is 0 Å². The van der Waals surface area contributed by atoms with Gasteiger partial charge in [0.25, 0.3) is 11.6 Å². The first-order valence-electron chi connectivity index (χ1n) is 8.90. The van der Waals surface area contributed by atoms with Crippen LogP contribution in [0.15, 0.2) is 53.3 Å². The van der Waals surface area contributed by atoms with Crippen LogP contribution in [0.3, 0.4) is 0 Å². The summed E-state index contributed by atoms with van der Waals surface area (Å²) in [4.78, 5) is 47.5. The number of rotatable bonds is 5.